The Morgan fingerprint density at radius 2 is 1.48 bits per heavy atom. The Kier molecular flexibility index (Phi) is 7.90. The van der Waals surface area contributed by atoms with E-state index in [0.717, 1.165) is 12.0 Å². The van der Waals surface area contributed by atoms with E-state index >= 15 is 0 Å². The van der Waals surface area contributed by atoms with Crippen LogP contribution in [0.3, 0.4) is 0 Å². The molecule has 0 aromatic heterocycles. The molecule has 0 unspecified atom stereocenters. The smallest absolute Gasteiger partial charge is 0.336 e. The summed E-state index contributed by atoms with van der Waals surface area (Å²) in [6.45, 7) is 8.12. The number of rotatable bonds is 6. The minimum absolute atomic E-state index is 0. The van der Waals surface area contributed by atoms with E-state index in [1.54, 1.807) is 6.07 Å². The number of hydrogen-bond acceptors (Lipinski definition) is 2. The van der Waals surface area contributed by atoms with Crippen molar-refractivity contribution < 1.29 is 41.5 Å². The van der Waals surface area contributed by atoms with Crippen LogP contribution in [-0.2, 0) is 34.6 Å². The summed E-state index contributed by atoms with van der Waals surface area (Å²) in [6, 6.07) is 3.17. The molecular weight excluding hydrogens is 304 g/mol. The van der Waals surface area contributed by atoms with Crippen LogP contribution in [0.4, 0.5) is 0 Å². The van der Waals surface area contributed by atoms with Crippen molar-refractivity contribution in [3.05, 3.63) is 34.4 Å². The fourth-order valence-electron chi connectivity index (χ4n) is 2.39. The Morgan fingerprint density at radius 3 is 1.86 bits per heavy atom. The maximum Gasteiger partial charge on any atom is 0.336 e. The van der Waals surface area contributed by atoms with Gasteiger partial charge in [-0.2, -0.15) is 0 Å². The third-order valence-corrected chi connectivity index (χ3v) is 3.09. The molecule has 21 heavy (non-hydrogen) atoms. The average Bonchev–Trinajstić information content (AvgIpc) is 2.28. The number of carbonyl (C=O) groups is 2. The summed E-state index contributed by atoms with van der Waals surface area (Å²) in [5, 5.41) is 18.6. The maximum absolute atomic E-state index is 11.5. The van der Waals surface area contributed by atoms with Gasteiger partial charge in [0, 0.05) is 21.7 Å². The molecule has 0 heterocycles. The van der Waals surface area contributed by atoms with E-state index in [4.69, 9.17) is 0 Å². The van der Waals surface area contributed by atoms with E-state index < -0.39 is 11.9 Å². The molecule has 1 aromatic rings. The number of carboxylic acid groups (broad SMARTS) is 2. The van der Waals surface area contributed by atoms with Crippen LogP contribution in [0.5, 0.6) is 0 Å². The minimum atomic E-state index is -1.19. The molecule has 2 N–H and O–H groups in total. The van der Waals surface area contributed by atoms with E-state index in [1.165, 1.54) is 6.07 Å². The standard InChI is InChI=1S/C16H22O4.Ti/c1-9(2)7-11-5-6-12(15(17)18)14(16(19)20)13(11)8-10(3)4;/h5-6,9-10H,7-8H2,1-4H3,(H,17,18)(H,19,20);. The summed E-state index contributed by atoms with van der Waals surface area (Å²) in [7, 11) is 0. The Bertz CT molecular complexity index is 521. The van der Waals surface area contributed by atoms with Crippen molar-refractivity contribution in [3.63, 3.8) is 0 Å². The van der Waals surface area contributed by atoms with Gasteiger partial charge in [-0.1, -0.05) is 33.8 Å². The summed E-state index contributed by atoms with van der Waals surface area (Å²) < 4.78 is 0. The minimum Gasteiger partial charge on any atom is -0.478 e. The molecule has 0 saturated carbocycles. The summed E-state index contributed by atoms with van der Waals surface area (Å²) in [4.78, 5) is 22.7. The molecule has 1 rings (SSSR count). The molecule has 0 atom stereocenters. The van der Waals surface area contributed by atoms with Crippen molar-refractivity contribution in [2.45, 2.75) is 40.5 Å². The van der Waals surface area contributed by atoms with Crippen LogP contribution in [-0.4, -0.2) is 22.2 Å². The summed E-state index contributed by atoms with van der Waals surface area (Å²) >= 11 is 0. The molecule has 4 nitrogen and oxygen atoms in total. The normalized spacial score (nSPS) is 10.6. The SMILES string of the molecule is CC(C)Cc1ccc(C(=O)O)c(C(=O)O)c1CC(C)C.[Ti]. The quantitative estimate of drug-likeness (QED) is 0.785. The van der Waals surface area contributed by atoms with E-state index in [-0.39, 0.29) is 38.8 Å². The van der Waals surface area contributed by atoms with Gasteiger partial charge in [-0.05, 0) is 41.9 Å². The van der Waals surface area contributed by atoms with Crippen LogP contribution in [0.2, 0.25) is 0 Å². The van der Waals surface area contributed by atoms with E-state index in [2.05, 4.69) is 13.8 Å². The Morgan fingerprint density at radius 1 is 0.952 bits per heavy atom. The van der Waals surface area contributed by atoms with Crippen molar-refractivity contribution >= 4 is 11.9 Å². The van der Waals surface area contributed by atoms with Gasteiger partial charge < -0.3 is 10.2 Å². The number of carboxylic acids is 2. The third-order valence-electron chi connectivity index (χ3n) is 3.09. The Labute approximate surface area is 140 Å². The predicted octanol–water partition coefficient (Wildman–Crippen LogP) is 3.48. The van der Waals surface area contributed by atoms with Gasteiger partial charge in [-0.15, -0.1) is 0 Å². The molecule has 1 aromatic carbocycles. The zero-order valence-corrected chi connectivity index (χ0v) is 14.5. The second kappa shape index (κ2) is 8.35. The first-order chi connectivity index (χ1) is 9.23. The summed E-state index contributed by atoms with van der Waals surface area (Å²) in [5.74, 6) is -1.70. The van der Waals surface area contributed by atoms with Crippen molar-refractivity contribution in [1.29, 1.82) is 0 Å². The Hall–Kier alpha value is -1.13. The predicted molar refractivity (Wildman–Crippen MR) is 77.4 cm³/mol. The molecule has 0 fully saturated rings. The molecule has 0 aliphatic carbocycles. The van der Waals surface area contributed by atoms with Crippen molar-refractivity contribution in [3.8, 4) is 0 Å². The van der Waals surface area contributed by atoms with Gasteiger partial charge in [-0.3, -0.25) is 0 Å². The fourth-order valence-corrected chi connectivity index (χ4v) is 2.39. The summed E-state index contributed by atoms with van der Waals surface area (Å²) in [5.41, 5.74) is 1.43. The Balaban J connectivity index is 0.00000400. The maximum atomic E-state index is 11.5. The molecule has 0 radical (unpaired) electrons. The van der Waals surface area contributed by atoms with Gasteiger partial charge in [0.15, 0.2) is 0 Å². The van der Waals surface area contributed by atoms with E-state index in [1.807, 2.05) is 13.8 Å². The number of aromatic carboxylic acids is 2. The largest absolute Gasteiger partial charge is 0.478 e. The first-order valence-corrected chi connectivity index (χ1v) is 6.85. The molecule has 0 aliphatic heterocycles. The molecule has 0 amide bonds. The fraction of sp³-hybridized carbons (Fsp3) is 0.500. The van der Waals surface area contributed by atoms with Crippen LogP contribution in [0.1, 0.15) is 59.5 Å². The first-order valence-electron chi connectivity index (χ1n) is 6.85. The zero-order chi connectivity index (χ0) is 15.4. The molecular formula is C16H22O4Ti. The van der Waals surface area contributed by atoms with Gasteiger partial charge in [0.05, 0.1) is 11.1 Å². The molecule has 114 valence electrons. The van der Waals surface area contributed by atoms with E-state index in [0.29, 0.717) is 17.9 Å². The van der Waals surface area contributed by atoms with Crippen LogP contribution in [0.15, 0.2) is 12.1 Å². The third kappa shape index (κ3) is 5.29. The van der Waals surface area contributed by atoms with Crippen LogP contribution in [0.25, 0.3) is 0 Å². The molecule has 0 spiro atoms. The first kappa shape index (κ1) is 19.9. The van der Waals surface area contributed by atoms with Crippen molar-refractivity contribution in [1.82, 2.24) is 0 Å². The van der Waals surface area contributed by atoms with Crippen LogP contribution in [0, 0.1) is 11.8 Å². The molecule has 5 heteroatoms. The number of hydrogen-bond donors (Lipinski definition) is 2. The average molecular weight is 326 g/mol. The second-order valence-corrected chi connectivity index (χ2v) is 5.93. The van der Waals surface area contributed by atoms with Crippen molar-refractivity contribution in [2.24, 2.45) is 11.8 Å². The van der Waals surface area contributed by atoms with E-state index in [9.17, 15) is 19.8 Å². The molecule has 0 saturated heterocycles. The van der Waals surface area contributed by atoms with Crippen LogP contribution < -0.4 is 0 Å². The summed E-state index contributed by atoms with van der Waals surface area (Å²) in [6.07, 6.45) is 1.33. The molecule has 0 bridgehead atoms. The number of benzene rings is 1. The molecule has 0 aliphatic rings. The van der Waals surface area contributed by atoms with Crippen LogP contribution >= 0.6 is 0 Å². The van der Waals surface area contributed by atoms with Gasteiger partial charge in [0.1, 0.15) is 0 Å². The van der Waals surface area contributed by atoms with Gasteiger partial charge in [-0.25, -0.2) is 9.59 Å². The van der Waals surface area contributed by atoms with Gasteiger partial charge in [0.2, 0.25) is 0 Å². The zero-order valence-electron chi connectivity index (χ0n) is 12.9. The monoisotopic (exact) mass is 326 g/mol. The van der Waals surface area contributed by atoms with Gasteiger partial charge >= 0.3 is 11.9 Å². The van der Waals surface area contributed by atoms with Crippen molar-refractivity contribution in [2.75, 3.05) is 0 Å². The second-order valence-electron chi connectivity index (χ2n) is 5.93. The topological polar surface area (TPSA) is 74.6 Å². The van der Waals surface area contributed by atoms with Gasteiger partial charge in [0.25, 0.3) is 0 Å².